The number of aliphatic hydroxyl groups is 1. The molecule has 0 saturated heterocycles. The number of halogens is 1. The lowest BCUT2D eigenvalue weighted by Gasteiger charge is -2.12. The first kappa shape index (κ1) is 14.0. The van der Waals surface area contributed by atoms with Gasteiger partial charge in [0.25, 0.3) is 5.91 Å². The average molecular weight is 274 g/mol. The molecule has 5 heteroatoms. The van der Waals surface area contributed by atoms with Crippen molar-refractivity contribution in [1.29, 1.82) is 0 Å². The van der Waals surface area contributed by atoms with E-state index in [4.69, 9.17) is 5.73 Å². The molecular formula is C15H15FN2O2. The number of amides is 1. The zero-order valence-electron chi connectivity index (χ0n) is 10.7. The van der Waals surface area contributed by atoms with Gasteiger partial charge < -0.3 is 16.2 Å². The predicted molar refractivity (Wildman–Crippen MR) is 74.5 cm³/mol. The van der Waals surface area contributed by atoms with Gasteiger partial charge in [0, 0.05) is 12.1 Å². The Morgan fingerprint density at radius 1 is 1.25 bits per heavy atom. The maximum absolute atomic E-state index is 13.2. The van der Waals surface area contributed by atoms with Crippen molar-refractivity contribution in [1.82, 2.24) is 5.32 Å². The number of rotatable bonds is 4. The third kappa shape index (κ3) is 3.33. The Bertz CT molecular complexity index is 602. The molecular weight excluding hydrogens is 259 g/mol. The Kier molecular flexibility index (Phi) is 4.32. The van der Waals surface area contributed by atoms with Crippen LogP contribution in [0.2, 0.25) is 0 Å². The Balaban J connectivity index is 1.97. The van der Waals surface area contributed by atoms with Gasteiger partial charge in [-0.1, -0.05) is 30.3 Å². The first-order chi connectivity index (χ1) is 9.58. The van der Waals surface area contributed by atoms with Gasteiger partial charge in [-0.15, -0.1) is 0 Å². The minimum atomic E-state index is -0.807. The summed E-state index contributed by atoms with van der Waals surface area (Å²) in [5.74, 6) is -1.10. The van der Waals surface area contributed by atoms with Crippen molar-refractivity contribution < 1.29 is 14.3 Å². The summed E-state index contributed by atoms with van der Waals surface area (Å²) in [6.45, 7) is 0.0504. The number of carbonyl (C=O) groups excluding carboxylic acids is 1. The second kappa shape index (κ2) is 6.16. The molecule has 2 rings (SSSR count). The standard InChI is InChI=1S/C15H15FN2O2/c16-12-8-11(6-7-13(12)17)15(20)18-9-14(19)10-4-2-1-3-5-10/h1-8,14,19H,9,17H2,(H,18,20). The molecule has 0 aliphatic carbocycles. The molecule has 0 aliphatic rings. The van der Waals surface area contributed by atoms with Crippen LogP contribution in [0.25, 0.3) is 0 Å². The Labute approximate surface area is 116 Å². The highest BCUT2D eigenvalue weighted by atomic mass is 19.1. The van der Waals surface area contributed by atoms with Gasteiger partial charge in [-0.2, -0.15) is 0 Å². The van der Waals surface area contributed by atoms with Gasteiger partial charge in [-0.05, 0) is 23.8 Å². The predicted octanol–water partition coefficient (Wildman–Crippen LogP) is 1.87. The van der Waals surface area contributed by atoms with E-state index in [1.807, 2.05) is 6.07 Å². The summed E-state index contributed by atoms with van der Waals surface area (Å²) in [4.78, 5) is 11.8. The van der Waals surface area contributed by atoms with Crippen molar-refractivity contribution in [3.63, 3.8) is 0 Å². The quantitative estimate of drug-likeness (QED) is 0.745. The smallest absolute Gasteiger partial charge is 0.251 e. The number of nitrogen functional groups attached to an aromatic ring is 1. The summed E-state index contributed by atoms with van der Waals surface area (Å²) in [5, 5.41) is 12.5. The molecule has 1 unspecified atom stereocenters. The van der Waals surface area contributed by atoms with Crippen LogP contribution in [-0.2, 0) is 0 Å². The Morgan fingerprint density at radius 2 is 1.95 bits per heavy atom. The van der Waals surface area contributed by atoms with Crippen molar-refractivity contribution in [2.75, 3.05) is 12.3 Å². The van der Waals surface area contributed by atoms with Crippen LogP contribution in [0.4, 0.5) is 10.1 Å². The fourth-order valence-corrected chi connectivity index (χ4v) is 1.75. The van der Waals surface area contributed by atoms with Gasteiger partial charge in [0.15, 0.2) is 0 Å². The van der Waals surface area contributed by atoms with Gasteiger partial charge >= 0.3 is 0 Å². The second-order valence-electron chi connectivity index (χ2n) is 4.37. The van der Waals surface area contributed by atoms with Crippen molar-refractivity contribution >= 4 is 11.6 Å². The largest absolute Gasteiger partial charge is 0.396 e. The number of anilines is 1. The SMILES string of the molecule is Nc1ccc(C(=O)NCC(O)c2ccccc2)cc1F. The van der Waals surface area contributed by atoms with Crippen LogP contribution < -0.4 is 11.1 Å². The van der Waals surface area contributed by atoms with E-state index in [1.54, 1.807) is 24.3 Å². The second-order valence-corrected chi connectivity index (χ2v) is 4.37. The molecule has 20 heavy (non-hydrogen) atoms. The van der Waals surface area contributed by atoms with Gasteiger partial charge in [0.05, 0.1) is 11.8 Å². The first-order valence-electron chi connectivity index (χ1n) is 6.14. The summed E-state index contributed by atoms with van der Waals surface area (Å²) >= 11 is 0. The number of benzene rings is 2. The van der Waals surface area contributed by atoms with Crippen LogP contribution >= 0.6 is 0 Å². The fourth-order valence-electron chi connectivity index (χ4n) is 1.75. The highest BCUT2D eigenvalue weighted by molar-refractivity contribution is 5.94. The van der Waals surface area contributed by atoms with Gasteiger partial charge in [0.1, 0.15) is 5.82 Å². The van der Waals surface area contributed by atoms with E-state index < -0.39 is 17.8 Å². The third-order valence-electron chi connectivity index (χ3n) is 2.90. The van der Waals surface area contributed by atoms with Crippen LogP contribution in [0.3, 0.4) is 0 Å². The van der Waals surface area contributed by atoms with E-state index in [0.29, 0.717) is 5.56 Å². The van der Waals surface area contributed by atoms with Gasteiger partial charge in [-0.3, -0.25) is 4.79 Å². The summed E-state index contributed by atoms with van der Waals surface area (Å²) in [5.41, 5.74) is 6.20. The van der Waals surface area contributed by atoms with Crippen molar-refractivity contribution in [2.24, 2.45) is 0 Å². The minimum Gasteiger partial charge on any atom is -0.396 e. The highest BCUT2D eigenvalue weighted by Crippen LogP contribution is 2.13. The topological polar surface area (TPSA) is 75.4 Å². The summed E-state index contributed by atoms with van der Waals surface area (Å²) in [7, 11) is 0. The van der Waals surface area contributed by atoms with E-state index in [0.717, 1.165) is 6.07 Å². The first-order valence-corrected chi connectivity index (χ1v) is 6.14. The molecule has 104 valence electrons. The Hall–Kier alpha value is -2.40. The zero-order valence-corrected chi connectivity index (χ0v) is 10.7. The molecule has 0 saturated carbocycles. The lowest BCUT2D eigenvalue weighted by atomic mass is 10.1. The lowest BCUT2D eigenvalue weighted by Crippen LogP contribution is -2.28. The molecule has 4 N–H and O–H groups in total. The van der Waals surface area contributed by atoms with E-state index >= 15 is 0 Å². The maximum atomic E-state index is 13.2. The Morgan fingerprint density at radius 3 is 2.60 bits per heavy atom. The van der Waals surface area contributed by atoms with Gasteiger partial charge in [-0.25, -0.2) is 4.39 Å². The normalized spacial score (nSPS) is 11.9. The molecule has 0 bridgehead atoms. The molecule has 0 aromatic heterocycles. The average Bonchev–Trinajstić information content (AvgIpc) is 2.48. The molecule has 2 aromatic carbocycles. The molecule has 0 fully saturated rings. The van der Waals surface area contributed by atoms with Crippen molar-refractivity contribution in [3.8, 4) is 0 Å². The van der Waals surface area contributed by atoms with E-state index in [2.05, 4.69) is 5.32 Å². The molecule has 2 aromatic rings. The minimum absolute atomic E-state index is 0.00845. The fraction of sp³-hybridized carbons (Fsp3) is 0.133. The van der Waals surface area contributed by atoms with Crippen LogP contribution in [0.5, 0.6) is 0 Å². The monoisotopic (exact) mass is 274 g/mol. The van der Waals surface area contributed by atoms with Crippen LogP contribution in [-0.4, -0.2) is 17.6 Å². The van der Waals surface area contributed by atoms with E-state index in [9.17, 15) is 14.3 Å². The lowest BCUT2D eigenvalue weighted by molar-refractivity contribution is 0.0916. The van der Waals surface area contributed by atoms with Gasteiger partial charge in [0.2, 0.25) is 0 Å². The molecule has 0 aliphatic heterocycles. The van der Waals surface area contributed by atoms with Crippen LogP contribution in [0.1, 0.15) is 22.0 Å². The van der Waals surface area contributed by atoms with Crippen LogP contribution in [0, 0.1) is 5.82 Å². The third-order valence-corrected chi connectivity index (χ3v) is 2.90. The molecule has 0 radical (unpaired) electrons. The van der Waals surface area contributed by atoms with Crippen LogP contribution in [0.15, 0.2) is 48.5 Å². The van der Waals surface area contributed by atoms with E-state index in [-0.39, 0.29) is 17.8 Å². The zero-order chi connectivity index (χ0) is 14.5. The number of nitrogens with two attached hydrogens (primary N) is 1. The summed E-state index contributed by atoms with van der Waals surface area (Å²) in [6, 6.07) is 12.8. The molecule has 0 spiro atoms. The summed E-state index contributed by atoms with van der Waals surface area (Å²) in [6.07, 6.45) is -0.807. The molecule has 1 atom stereocenters. The number of nitrogens with one attached hydrogen (secondary N) is 1. The molecule has 1 amide bonds. The summed E-state index contributed by atoms with van der Waals surface area (Å²) < 4.78 is 13.2. The van der Waals surface area contributed by atoms with Crippen molar-refractivity contribution in [2.45, 2.75) is 6.10 Å². The number of aliphatic hydroxyl groups excluding tert-OH is 1. The number of hydrogen-bond acceptors (Lipinski definition) is 3. The molecule has 0 heterocycles. The highest BCUT2D eigenvalue weighted by Gasteiger charge is 2.11. The number of hydrogen-bond donors (Lipinski definition) is 3. The van der Waals surface area contributed by atoms with Crippen molar-refractivity contribution in [3.05, 3.63) is 65.5 Å². The van der Waals surface area contributed by atoms with E-state index in [1.165, 1.54) is 12.1 Å². The number of carbonyl (C=O) groups is 1. The molecule has 4 nitrogen and oxygen atoms in total. The maximum Gasteiger partial charge on any atom is 0.251 e.